The van der Waals surface area contributed by atoms with Crippen LogP contribution in [-0.2, 0) is 15.8 Å². The molecule has 0 aromatic heterocycles. The Labute approximate surface area is 160 Å². The van der Waals surface area contributed by atoms with Crippen molar-refractivity contribution in [3.05, 3.63) is 35.9 Å². The van der Waals surface area contributed by atoms with E-state index in [1.165, 1.54) is 0 Å². The molecule has 0 spiro atoms. The van der Waals surface area contributed by atoms with Crippen molar-refractivity contribution in [2.75, 3.05) is 13.2 Å². The van der Waals surface area contributed by atoms with Gasteiger partial charge in [0, 0.05) is 24.5 Å². The van der Waals surface area contributed by atoms with Gasteiger partial charge in [-0.15, -0.1) is 0 Å². The molecule has 1 rings (SSSR count). The zero-order valence-corrected chi connectivity index (χ0v) is 18.5. The predicted octanol–water partition coefficient (Wildman–Crippen LogP) is 4.22. The third-order valence-corrected chi connectivity index (χ3v) is 10.2. The van der Waals surface area contributed by atoms with Gasteiger partial charge in [-0.05, 0) is 30.6 Å². The largest absolute Gasteiger partial charge is 0.414 e. The second kappa shape index (κ2) is 9.99. The van der Waals surface area contributed by atoms with Crippen molar-refractivity contribution in [1.82, 2.24) is 0 Å². The minimum absolute atomic E-state index is 0.0524. The molecule has 0 heterocycles. The first-order chi connectivity index (χ1) is 12.0. The normalized spacial score (nSPS) is 17.6. The molecule has 0 aliphatic heterocycles. The van der Waals surface area contributed by atoms with Crippen LogP contribution in [0, 0.1) is 11.8 Å². The van der Waals surface area contributed by atoms with Gasteiger partial charge in [-0.25, -0.2) is 0 Å². The number of hydrogen-bond donors (Lipinski definition) is 2. The van der Waals surface area contributed by atoms with Gasteiger partial charge in [-0.1, -0.05) is 58.0 Å². The summed E-state index contributed by atoms with van der Waals surface area (Å²) in [6.07, 6.45) is -0.814. The van der Waals surface area contributed by atoms with Gasteiger partial charge in [0.15, 0.2) is 8.32 Å². The molecule has 1 aromatic rings. The van der Waals surface area contributed by atoms with E-state index < -0.39 is 14.4 Å². The highest BCUT2D eigenvalue weighted by atomic mass is 28.4. The fourth-order valence-corrected chi connectivity index (χ4v) is 4.12. The summed E-state index contributed by atoms with van der Waals surface area (Å²) >= 11 is 0. The lowest BCUT2D eigenvalue weighted by molar-refractivity contribution is -0.0582. The zero-order valence-electron chi connectivity index (χ0n) is 17.5. The van der Waals surface area contributed by atoms with Crippen molar-refractivity contribution >= 4 is 8.32 Å². The van der Waals surface area contributed by atoms with Crippen molar-refractivity contribution in [3.8, 4) is 0 Å². The molecular formula is C21H38O4Si. The van der Waals surface area contributed by atoms with Crippen LogP contribution in [0.1, 0.15) is 40.2 Å². The highest BCUT2D eigenvalue weighted by Gasteiger charge is 2.41. The Balaban J connectivity index is 2.80. The number of rotatable bonds is 10. The minimum Gasteiger partial charge on any atom is -0.414 e. The van der Waals surface area contributed by atoms with Crippen LogP contribution in [0.25, 0.3) is 0 Å². The molecule has 0 aliphatic carbocycles. The molecule has 5 heteroatoms. The highest BCUT2D eigenvalue weighted by Crippen LogP contribution is 2.38. The van der Waals surface area contributed by atoms with Gasteiger partial charge in [0.2, 0.25) is 0 Å². The molecular weight excluding hydrogens is 344 g/mol. The molecule has 0 saturated heterocycles. The van der Waals surface area contributed by atoms with Gasteiger partial charge in [0.1, 0.15) is 0 Å². The van der Waals surface area contributed by atoms with Crippen LogP contribution in [0.3, 0.4) is 0 Å². The van der Waals surface area contributed by atoms with Gasteiger partial charge in [0.05, 0.1) is 19.3 Å². The molecule has 0 aliphatic rings. The smallest absolute Gasteiger partial charge is 0.192 e. The average molecular weight is 383 g/mol. The SMILES string of the molecule is C[C@@H](CO)[C@H](O)[C@@H](COCc1ccccc1)[C@@H](C)O[Si](C)(C)C(C)(C)C. The minimum atomic E-state index is -1.95. The summed E-state index contributed by atoms with van der Waals surface area (Å²) in [5.41, 5.74) is 1.11. The third kappa shape index (κ3) is 6.78. The van der Waals surface area contributed by atoms with Crippen LogP contribution in [0.5, 0.6) is 0 Å². The van der Waals surface area contributed by atoms with Gasteiger partial charge in [-0.3, -0.25) is 0 Å². The number of benzene rings is 1. The molecule has 26 heavy (non-hydrogen) atoms. The molecule has 0 amide bonds. The van der Waals surface area contributed by atoms with Crippen LogP contribution in [0.2, 0.25) is 18.1 Å². The number of aliphatic hydroxyl groups excluding tert-OH is 2. The summed E-state index contributed by atoms with van der Waals surface area (Å²) < 4.78 is 12.4. The van der Waals surface area contributed by atoms with Crippen LogP contribution in [0.4, 0.5) is 0 Å². The molecule has 4 atom stereocenters. The van der Waals surface area contributed by atoms with Crippen LogP contribution < -0.4 is 0 Å². The van der Waals surface area contributed by atoms with Gasteiger partial charge in [-0.2, -0.15) is 0 Å². The molecule has 2 N–H and O–H groups in total. The second-order valence-corrected chi connectivity index (χ2v) is 13.7. The molecule has 0 bridgehead atoms. The summed E-state index contributed by atoms with van der Waals surface area (Å²) in [6.45, 7) is 15.8. The lowest BCUT2D eigenvalue weighted by atomic mass is 9.89. The predicted molar refractivity (Wildman–Crippen MR) is 110 cm³/mol. The van der Waals surface area contributed by atoms with E-state index in [-0.39, 0.29) is 29.6 Å². The first-order valence-corrected chi connectivity index (χ1v) is 12.5. The first kappa shape index (κ1) is 23.3. The van der Waals surface area contributed by atoms with Crippen molar-refractivity contribution in [2.45, 2.75) is 71.6 Å². The Bertz CT molecular complexity index is 512. The van der Waals surface area contributed by atoms with Crippen molar-refractivity contribution < 1.29 is 19.4 Å². The fourth-order valence-electron chi connectivity index (χ4n) is 2.66. The monoisotopic (exact) mass is 382 g/mol. The van der Waals surface area contributed by atoms with Gasteiger partial charge < -0.3 is 19.4 Å². The summed E-state index contributed by atoms with van der Waals surface area (Å²) in [5.74, 6) is -0.402. The molecule has 0 saturated carbocycles. The van der Waals surface area contributed by atoms with E-state index in [2.05, 4.69) is 33.9 Å². The Hall–Kier alpha value is -0.723. The van der Waals surface area contributed by atoms with E-state index in [4.69, 9.17) is 9.16 Å². The summed E-state index contributed by atoms with van der Waals surface area (Å²) in [7, 11) is -1.95. The lowest BCUT2D eigenvalue weighted by Gasteiger charge is -2.41. The molecule has 0 fully saturated rings. The highest BCUT2D eigenvalue weighted by molar-refractivity contribution is 6.74. The quantitative estimate of drug-likeness (QED) is 0.595. The molecule has 0 unspecified atom stereocenters. The van der Waals surface area contributed by atoms with E-state index >= 15 is 0 Å². The second-order valence-electron chi connectivity index (χ2n) is 8.90. The number of hydrogen-bond acceptors (Lipinski definition) is 4. The summed E-state index contributed by atoms with van der Waals surface area (Å²) in [4.78, 5) is 0. The topological polar surface area (TPSA) is 58.9 Å². The fraction of sp³-hybridized carbons (Fsp3) is 0.714. The van der Waals surface area contributed by atoms with E-state index in [0.29, 0.717) is 13.2 Å². The van der Waals surface area contributed by atoms with Crippen LogP contribution in [-0.4, -0.2) is 44.0 Å². The van der Waals surface area contributed by atoms with Gasteiger partial charge in [0.25, 0.3) is 0 Å². The van der Waals surface area contributed by atoms with E-state index in [1.54, 1.807) is 0 Å². The Kier molecular flexibility index (Phi) is 8.96. The molecule has 1 aromatic carbocycles. The van der Waals surface area contributed by atoms with E-state index in [1.807, 2.05) is 44.2 Å². The van der Waals surface area contributed by atoms with Crippen LogP contribution in [0.15, 0.2) is 30.3 Å². The standard InChI is InChI=1S/C21H38O4Si/c1-16(13-22)20(23)19(15-24-14-18-11-9-8-10-12-18)17(2)25-26(6,7)21(3,4)5/h8-12,16-17,19-20,22-23H,13-15H2,1-7H3/t16-,17+,19-,20-/m0/s1. The maximum Gasteiger partial charge on any atom is 0.192 e. The summed E-state index contributed by atoms with van der Waals surface area (Å²) in [6, 6.07) is 10.0. The molecule has 4 nitrogen and oxygen atoms in total. The zero-order chi connectivity index (χ0) is 20.0. The van der Waals surface area contributed by atoms with Crippen molar-refractivity contribution in [1.29, 1.82) is 0 Å². The first-order valence-electron chi connectivity index (χ1n) is 9.58. The summed E-state index contributed by atoms with van der Waals surface area (Å²) in [5, 5.41) is 20.3. The van der Waals surface area contributed by atoms with Crippen LogP contribution >= 0.6 is 0 Å². The number of aliphatic hydroxyl groups is 2. The molecule has 150 valence electrons. The van der Waals surface area contributed by atoms with Crippen molar-refractivity contribution in [2.24, 2.45) is 11.8 Å². The van der Waals surface area contributed by atoms with Gasteiger partial charge >= 0.3 is 0 Å². The third-order valence-electron chi connectivity index (χ3n) is 5.62. The Morgan fingerprint density at radius 3 is 2.15 bits per heavy atom. The average Bonchev–Trinajstić information content (AvgIpc) is 2.56. The Morgan fingerprint density at radius 1 is 1.08 bits per heavy atom. The maximum absolute atomic E-state index is 10.7. The lowest BCUT2D eigenvalue weighted by Crippen LogP contribution is -2.48. The number of ether oxygens (including phenoxy) is 1. The van der Waals surface area contributed by atoms with E-state index in [0.717, 1.165) is 5.56 Å². The van der Waals surface area contributed by atoms with E-state index in [9.17, 15) is 10.2 Å². The molecule has 0 radical (unpaired) electrons. The van der Waals surface area contributed by atoms with Crippen molar-refractivity contribution in [3.63, 3.8) is 0 Å². The Morgan fingerprint density at radius 2 is 1.65 bits per heavy atom. The maximum atomic E-state index is 10.7.